The number of fused-ring (bicyclic) bond motifs is 2. The van der Waals surface area contributed by atoms with Gasteiger partial charge in [-0.05, 0) is 62.0 Å². The van der Waals surface area contributed by atoms with Gasteiger partial charge in [0.2, 0.25) is 0 Å². The lowest BCUT2D eigenvalue weighted by atomic mass is 9.89. The maximum absolute atomic E-state index is 12.9. The van der Waals surface area contributed by atoms with E-state index in [2.05, 4.69) is 10.6 Å². The highest BCUT2D eigenvalue weighted by atomic mass is 32.2. The van der Waals surface area contributed by atoms with Crippen LogP contribution >= 0.6 is 11.8 Å². The van der Waals surface area contributed by atoms with Gasteiger partial charge in [-0.1, -0.05) is 0 Å². The predicted molar refractivity (Wildman–Crippen MR) is 136 cm³/mol. The average molecular weight is 493 g/mol. The minimum absolute atomic E-state index is 0.00646. The molecule has 180 valence electrons. The molecule has 4 N–H and O–H groups in total. The number of carbonyl (C=O) groups is 2. The van der Waals surface area contributed by atoms with Crippen LogP contribution in [0.3, 0.4) is 0 Å². The third kappa shape index (κ3) is 5.16. The summed E-state index contributed by atoms with van der Waals surface area (Å²) in [7, 11) is 1.87. The molecule has 4 rings (SSSR count). The van der Waals surface area contributed by atoms with E-state index in [0.717, 1.165) is 0 Å². The van der Waals surface area contributed by atoms with E-state index in [9.17, 15) is 24.6 Å². The SMILES string of the molecule is CNC(C)SCCNC(=O)c1ccc(C(=O)O)c(-c2c3ccc(=O)cc-3oc3cc(O)ccc23)c1. The number of aromatic carboxylic acids is 1. The zero-order valence-corrected chi connectivity index (χ0v) is 19.9. The Balaban J connectivity index is 1.84. The first-order valence-corrected chi connectivity index (χ1v) is 12.0. The molecule has 0 bridgehead atoms. The third-order valence-electron chi connectivity index (χ3n) is 5.62. The summed E-state index contributed by atoms with van der Waals surface area (Å²) >= 11 is 1.67. The number of nitrogens with one attached hydrogen (secondary N) is 2. The van der Waals surface area contributed by atoms with Crippen LogP contribution in [-0.2, 0) is 0 Å². The van der Waals surface area contributed by atoms with E-state index in [-0.39, 0.29) is 39.4 Å². The van der Waals surface area contributed by atoms with Crippen LogP contribution in [0.2, 0.25) is 0 Å². The summed E-state index contributed by atoms with van der Waals surface area (Å²) in [6, 6.07) is 13.1. The van der Waals surface area contributed by atoms with Crippen molar-refractivity contribution < 1.29 is 24.2 Å². The van der Waals surface area contributed by atoms with Gasteiger partial charge < -0.3 is 25.3 Å². The van der Waals surface area contributed by atoms with Crippen LogP contribution in [0.15, 0.2) is 63.8 Å². The maximum atomic E-state index is 12.9. The lowest BCUT2D eigenvalue weighted by Crippen LogP contribution is -2.27. The first-order chi connectivity index (χ1) is 16.8. The van der Waals surface area contributed by atoms with Crippen LogP contribution in [0.25, 0.3) is 33.4 Å². The van der Waals surface area contributed by atoms with E-state index < -0.39 is 5.97 Å². The molecule has 9 heteroatoms. The molecule has 35 heavy (non-hydrogen) atoms. The number of aromatic hydroxyl groups is 1. The first kappa shape index (κ1) is 24.3. The van der Waals surface area contributed by atoms with Gasteiger partial charge in [0.25, 0.3) is 5.91 Å². The van der Waals surface area contributed by atoms with Crippen LogP contribution in [0.5, 0.6) is 5.75 Å². The van der Waals surface area contributed by atoms with Crippen molar-refractivity contribution in [2.24, 2.45) is 0 Å². The lowest BCUT2D eigenvalue weighted by molar-refractivity contribution is 0.0697. The van der Waals surface area contributed by atoms with Crippen molar-refractivity contribution in [1.29, 1.82) is 0 Å². The number of carboxylic acids is 1. The van der Waals surface area contributed by atoms with Crippen LogP contribution in [0.4, 0.5) is 0 Å². The Hall–Kier alpha value is -3.82. The van der Waals surface area contributed by atoms with Gasteiger partial charge in [-0.15, -0.1) is 11.8 Å². The van der Waals surface area contributed by atoms with Gasteiger partial charge in [0, 0.05) is 46.5 Å². The van der Waals surface area contributed by atoms with Gasteiger partial charge in [-0.25, -0.2) is 4.79 Å². The number of amides is 1. The molecule has 0 spiro atoms. The van der Waals surface area contributed by atoms with E-state index in [0.29, 0.717) is 39.9 Å². The number of rotatable bonds is 8. The summed E-state index contributed by atoms with van der Waals surface area (Å²) < 4.78 is 5.85. The molecule has 0 radical (unpaired) electrons. The number of carbonyl (C=O) groups excluding carboxylic acids is 1. The van der Waals surface area contributed by atoms with Crippen LogP contribution < -0.4 is 16.1 Å². The molecule has 1 unspecified atom stereocenters. The second kappa shape index (κ2) is 10.2. The van der Waals surface area contributed by atoms with Crippen molar-refractivity contribution >= 4 is 34.6 Å². The van der Waals surface area contributed by atoms with Crippen molar-refractivity contribution in [3.05, 3.63) is 75.9 Å². The summed E-state index contributed by atoms with van der Waals surface area (Å²) in [6.07, 6.45) is 0. The quantitative estimate of drug-likeness (QED) is 0.165. The van der Waals surface area contributed by atoms with Gasteiger partial charge in [0.15, 0.2) is 5.43 Å². The van der Waals surface area contributed by atoms with E-state index in [4.69, 9.17) is 4.42 Å². The zero-order chi connectivity index (χ0) is 25.1. The van der Waals surface area contributed by atoms with Crippen molar-refractivity contribution in [2.75, 3.05) is 19.3 Å². The van der Waals surface area contributed by atoms with Gasteiger partial charge in [-0.2, -0.15) is 0 Å². The molecule has 1 atom stereocenters. The largest absolute Gasteiger partial charge is 0.508 e. The van der Waals surface area contributed by atoms with Crippen LogP contribution in [-0.4, -0.2) is 46.8 Å². The molecule has 2 aliphatic rings. The first-order valence-electron chi connectivity index (χ1n) is 10.9. The monoisotopic (exact) mass is 492 g/mol. The van der Waals surface area contributed by atoms with Crippen LogP contribution in [0, 0.1) is 0 Å². The Labute approximate surface area is 205 Å². The fraction of sp³-hybridized carbons (Fsp3) is 0.192. The standard InChI is InChI=1S/C26H24N2O6S/c1-14(27-2)35-10-9-28-25(31)15-3-6-18(26(32)33)21(11-15)24-19-7-4-16(29)12-22(19)34-23-13-17(30)5-8-20(23)24/h3-8,11-14,27,29H,9-10H2,1-2H3,(H,28,31)(H,32,33). The highest BCUT2D eigenvalue weighted by molar-refractivity contribution is 7.99. The Morgan fingerprint density at radius 1 is 1.06 bits per heavy atom. The molecule has 8 nitrogen and oxygen atoms in total. The average Bonchev–Trinajstić information content (AvgIpc) is 2.84. The van der Waals surface area contributed by atoms with Crippen molar-refractivity contribution in [1.82, 2.24) is 10.6 Å². The number of benzene rings is 3. The smallest absolute Gasteiger partial charge is 0.336 e. The van der Waals surface area contributed by atoms with Crippen molar-refractivity contribution in [3.63, 3.8) is 0 Å². The van der Waals surface area contributed by atoms with Gasteiger partial charge in [-0.3, -0.25) is 9.59 Å². The molecule has 0 saturated carbocycles. The minimum Gasteiger partial charge on any atom is -0.508 e. The Kier molecular flexibility index (Phi) is 7.09. The maximum Gasteiger partial charge on any atom is 0.336 e. The van der Waals surface area contributed by atoms with E-state index in [1.165, 1.54) is 42.5 Å². The molecular weight excluding hydrogens is 468 g/mol. The van der Waals surface area contributed by atoms with E-state index in [1.807, 2.05) is 14.0 Å². The number of carboxylic acid groups (broad SMARTS) is 1. The minimum atomic E-state index is -1.16. The molecule has 0 aromatic heterocycles. The summed E-state index contributed by atoms with van der Waals surface area (Å²) in [5.41, 5.74) is 1.61. The fourth-order valence-electron chi connectivity index (χ4n) is 3.81. The fourth-order valence-corrected chi connectivity index (χ4v) is 4.55. The number of thioether (sulfide) groups is 1. The second-order valence-corrected chi connectivity index (χ2v) is 9.39. The van der Waals surface area contributed by atoms with Gasteiger partial charge in [0.05, 0.1) is 10.9 Å². The zero-order valence-electron chi connectivity index (χ0n) is 19.1. The topological polar surface area (TPSA) is 129 Å². The number of phenolic OH excluding ortho intramolecular Hbond substituents is 1. The molecule has 1 amide bonds. The Bertz CT molecular complexity index is 1450. The summed E-state index contributed by atoms with van der Waals surface area (Å²) in [4.78, 5) is 37.0. The Morgan fingerprint density at radius 2 is 1.86 bits per heavy atom. The van der Waals surface area contributed by atoms with Crippen molar-refractivity contribution in [3.8, 4) is 28.2 Å². The molecule has 0 saturated heterocycles. The highest BCUT2D eigenvalue weighted by Crippen LogP contribution is 2.42. The molecule has 2 aromatic rings. The highest BCUT2D eigenvalue weighted by Gasteiger charge is 2.23. The summed E-state index contributed by atoms with van der Waals surface area (Å²) in [5.74, 6) is -0.570. The number of phenols is 1. The molecular formula is C26H24N2O6S. The van der Waals surface area contributed by atoms with Gasteiger partial charge >= 0.3 is 5.97 Å². The molecule has 1 heterocycles. The normalized spacial score (nSPS) is 12.1. The van der Waals surface area contributed by atoms with Gasteiger partial charge in [0.1, 0.15) is 17.1 Å². The van der Waals surface area contributed by atoms with Crippen molar-refractivity contribution in [2.45, 2.75) is 12.3 Å². The third-order valence-corrected chi connectivity index (χ3v) is 6.80. The number of hydrogen-bond donors (Lipinski definition) is 4. The van der Waals surface area contributed by atoms with Crippen LogP contribution in [0.1, 0.15) is 27.6 Å². The molecule has 1 aliphatic carbocycles. The molecule has 1 aliphatic heterocycles. The van der Waals surface area contributed by atoms with E-state index in [1.54, 1.807) is 23.9 Å². The predicted octanol–water partition coefficient (Wildman–Crippen LogP) is 4.00. The second-order valence-electron chi connectivity index (χ2n) is 7.94. The summed E-state index contributed by atoms with van der Waals surface area (Å²) in [6.45, 7) is 2.48. The molecule has 0 fully saturated rings. The Morgan fingerprint density at radius 3 is 2.60 bits per heavy atom. The lowest BCUT2D eigenvalue weighted by Gasteiger charge is -2.17. The molecule has 2 aromatic carbocycles. The summed E-state index contributed by atoms with van der Waals surface area (Å²) in [5, 5.41) is 26.6. The number of hydrogen-bond acceptors (Lipinski definition) is 7. The van der Waals surface area contributed by atoms with E-state index >= 15 is 0 Å².